The van der Waals surface area contributed by atoms with Crippen molar-refractivity contribution in [3.63, 3.8) is 0 Å². The van der Waals surface area contributed by atoms with Crippen LogP contribution in [0.1, 0.15) is 24.8 Å². The van der Waals surface area contributed by atoms with E-state index < -0.39 is 5.97 Å². The third-order valence-electron chi connectivity index (χ3n) is 5.17. The number of rotatable bonds is 8. The van der Waals surface area contributed by atoms with Crippen LogP contribution in [0.4, 0.5) is 17.8 Å². The highest BCUT2D eigenvalue weighted by molar-refractivity contribution is 5.80. The molecule has 1 aromatic heterocycles. The van der Waals surface area contributed by atoms with Gasteiger partial charge in [0.05, 0.1) is 19.4 Å². The first-order valence-electron chi connectivity index (χ1n) is 10.7. The number of carboxylic acid groups (broad SMARTS) is 1. The summed E-state index contributed by atoms with van der Waals surface area (Å²) in [6.45, 7) is 4.27. The van der Waals surface area contributed by atoms with Crippen molar-refractivity contribution >= 4 is 30.0 Å². The predicted molar refractivity (Wildman–Crippen MR) is 120 cm³/mol. The Morgan fingerprint density at radius 3 is 2.34 bits per heavy atom. The second kappa shape index (κ2) is 10.7. The normalized spacial score (nSPS) is 16.9. The molecule has 0 saturated carbocycles. The van der Waals surface area contributed by atoms with Crippen LogP contribution < -0.4 is 20.0 Å². The molecule has 1 aromatic carbocycles. The summed E-state index contributed by atoms with van der Waals surface area (Å²) in [6.07, 6.45) is 5.13. The molecule has 0 amide bonds. The van der Waals surface area contributed by atoms with Crippen molar-refractivity contribution in [2.24, 2.45) is 5.10 Å². The molecule has 170 valence electrons. The maximum absolute atomic E-state index is 10.6. The maximum atomic E-state index is 10.6. The monoisotopic (exact) mass is 441 g/mol. The Kier molecular flexibility index (Phi) is 7.28. The Morgan fingerprint density at radius 1 is 1.03 bits per heavy atom. The molecule has 2 N–H and O–H groups in total. The van der Waals surface area contributed by atoms with Crippen LogP contribution in [0.5, 0.6) is 5.75 Å². The first-order chi connectivity index (χ1) is 15.7. The number of aromatic nitrogens is 3. The number of anilines is 3. The second-order valence-corrected chi connectivity index (χ2v) is 7.53. The summed E-state index contributed by atoms with van der Waals surface area (Å²) in [5.74, 6) is 1.15. The molecule has 0 unspecified atom stereocenters. The fraction of sp³-hybridized carbons (Fsp3) is 0.476. The fourth-order valence-corrected chi connectivity index (χ4v) is 3.50. The summed E-state index contributed by atoms with van der Waals surface area (Å²) >= 11 is 0. The summed E-state index contributed by atoms with van der Waals surface area (Å²) in [4.78, 5) is 28.7. The quantitative estimate of drug-likeness (QED) is 0.461. The highest BCUT2D eigenvalue weighted by atomic mass is 16.5. The Labute approximate surface area is 186 Å². The number of morpholine rings is 1. The molecule has 0 bridgehead atoms. The van der Waals surface area contributed by atoms with Gasteiger partial charge in [-0.15, -0.1) is 0 Å². The van der Waals surface area contributed by atoms with E-state index in [0.29, 0.717) is 36.8 Å². The number of hydrogen-bond donors (Lipinski definition) is 2. The molecule has 0 atom stereocenters. The lowest BCUT2D eigenvalue weighted by Gasteiger charge is -2.30. The lowest BCUT2D eigenvalue weighted by molar-refractivity contribution is -0.139. The first-order valence-corrected chi connectivity index (χ1v) is 10.7. The van der Waals surface area contributed by atoms with Gasteiger partial charge in [-0.3, -0.25) is 0 Å². The van der Waals surface area contributed by atoms with Gasteiger partial charge in [-0.1, -0.05) is 0 Å². The summed E-state index contributed by atoms with van der Waals surface area (Å²) in [5.41, 5.74) is 3.74. The smallest absolute Gasteiger partial charge is 0.341 e. The van der Waals surface area contributed by atoms with Crippen molar-refractivity contribution < 1.29 is 19.4 Å². The van der Waals surface area contributed by atoms with Crippen molar-refractivity contribution in [3.05, 3.63) is 29.8 Å². The van der Waals surface area contributed by atoms with E-state index >= 15 is 0 Å². The summed E-state index contributed by atoms with van der Waals surface area (Å²) in [5, 5.41) is 12.9. The van der Waals surface area contributed by atoms with Crippen LogP contribution in [0.2, 0.25) is 0 Å². The Morgan fingerprint density at radius 2 is 1.69 bits per heavy atom. The molecule has 2 aromatic rings. The van der Waals surface area contributed by atoms with Gasteiger partial charge in [-0.2, -0.15) is 20.1 Å². The van der Waals surface area contributed by atoms with E-state index in [4.69, 9.17) is 19.6 Å². The summed E-state index contributed by atoms with van der Waals surface area (Å²) < 4.78 is 10.6. The number of carboxylic acids is 1. The van der Waals surface area contributed by atoms with Gasteiger partial charge in [0.15, 0.2) is 6.61 Å². The van der Waals surface area contributed by atoms with E-state index in [9.17, 15) is 4.79 Å². The van der Waals surface area contributed by atoms with Gasteiger partial charge in [-0.05, 0) is 49.1 Å². The number of nitrogens with one attached hydrogen (secondary N) is 1. The average Bonchev–Trinajstić information content (AvgIpc) is 2.84. The van der Waals surface area contributed by atoms with Gasteiger partial charge < -0.3 is 24.4 Å². The van der Waals surface area contributed by atoms with Crippen LogP contribution in [-0.2, 0) is 9.53 Å². The number of carbonyl (C=O) groups is 1. The lowest BCUT2D eigenvalue weighted by atomic mass is 10.1. The molecule has 3 heterocycles. The Bertz CT molecular complexity index is 890. The fourth-order valence-electron chi connectivity index (χ4n) is 3.50. The van der Waals surface area contributed by atoms with E-state index in [2.05, 4.69) is 30.3 Å². The molecule has 11 heteroatoms. The minimum Gasteiger partial charge on any atom is -0.482 e. The number of benzene rings is 1. The van der Waals surface area contributed by atoms with Crippen LogP contribution in [0.15, 0.2) is 29.4 Å². The van der Waals surface area contributed by atoms with Crippen molar-refractivity contribution in [1.29, 1.82) is 0 Å². The van der Waals surface area contributed by atoms with Crippen LogP contribution >= 0.6 is 0 Å². The van der Waals surface area contributed by atoms with E-state index in [1.165, 1.54) is 6.42 Å². The minimum atomic E-state index is -1.02. The molecule has 2 fully saturated rings. The number of aliphatic carboxylic acids is 1. The molecule has 0 aliphatic carbocycles. The average molecular weight is 441 g/mol. The molecule has 2 aliphatic heterocycles. The highest BCUT2D eigenvalue weighted by Gasteiger charge is 2.20. The third-order valence-corrected chi connectivity index (χ3v) is 5.17. The van der Waals surface area contributed by atoms with Gasteiger partial charge >= 0.3 is 5.97 Å². The molecule has 0 radical (unpaired) electrons. The van der Waals surface area contributed by atoms with Crippen LogP contribution in [0, 0.1) is 0 Å². The zero-order chi connectivity index (χ0) is 22.2. The largest absolute Gasteiger partial charge is 0.482 e. The van der Waals surface area contributed by atoms with Gasteiger partial charge in [0.2, 0.25) is 17.8 Å². The van der Waals surface area contributed by atoms with Crippen molar-refractivity contribution in [1.82, 2.24) is 15.0 Å². The zero-order valence-corrected chi connectivity index (χ0v) is 17.8. The SMILES string of the molecule is O=C(O)COc1ccc(/C=N/Nc2nc(N3CCCCC3)nc(N3CCOCC3)n2)cc1. The number of piperidine rings is 1. The first kappa shape index (κ1) is 21.8. The number of ether oxygens (including phenoxy) is 2. The molecule has 2 aliphatic rings. The van der Waals surface area contributed by atoms with Crippen LogP contribution in [-0.4, -0.2) is 78.2 Å². The van der Waals surface area contributed by atoms with E-state index in [1.807, 2.05) is 0 Å². The lowest BCUT2D eigenvalue weighted by Crippen LogP contribution is -2.38. The molecule has 0 spiro atoms. The molecular weight excluding hydrogens is 414 g/mol. The second-order valence-electron chi connectivity index (χ2n) is 7.53. The zero-order valence-electron chi connectivity index (χ0n) is 17.8. The Hall–Kier alpha value is -3.47. The van der Waals surface area contributed by atoms with Crippen molar-refractivity contribution in [2.75, 3.05) is 61.2 Å². The van der Waals surface area contributed by atoms with E-state index in [1.54, 1.807) is 30.5 Å². The predicted octanol–water partition coefficient (Wildman–Crippen LogP) is 1.61. The minimum absolute atomic E-state index is 0.376. The van der Waals surface area contributed by atoms with Crippen LogP contribution in [0.3, 0.4) is 0 Å². The maximum Gasteiger partial charge on any atom is 0.341 e. The summed E-state index contributed by atoms with van der Waals surface area (Å²) in [6, 6.07) is 6.96. The van der Waals surface area contributed by atoms with Crippen molar-refractivity contribution in [2.45, 2.75) is 19.3 Å². The third kappa shape index (κ3) is 6.03. The number of hydrazone groups is 1. The molecule has 32 heavy (non-hydrogen) atoms. The van der Waals surface area contributed by atoms with E-state index in [-0.39, 0.29) is 6.61 Å². The Balaban J connectivity index is 1.46. The molecule has 2 saturated heterocycles. The van der Waals surface area contributed by atoms with Gasteiger partial charge in [0.1, 0.15) is 5.75 Å². The highest BCUT2D eigenvalue weighted by Crippen LogP contribution is 2.21. The number of nitrogens with zero attached hydrogens (tertiary/aromatic N) is 6. The van der Waals surface area contributed by atoms with Gasteiger partial charge in [0.25, 0.3) is 0 Å². The van der Waals surface area contributed by atoms with Gasteiger partial charge in [-0.25, -0.2) is 10.2 Å². The topological polar surface area (TPSA) is 125 Å². The van der Waals surface area contributed by atoms with E-state index in [0.717, 1.165) is 44.6 Å². The summed E-state index contributed by atoms with van der Waals surface area (Å²) in [7, 11) is 0. The van der Waals surface area contributed by atoms with Crippen molar-refractivity contribution in [3.8, 4) is 5.75 Å². The van der Waals surface area contributed by atoms with Crippen LogP contribution in [0.25, 0.3) is 0 Å². The molecular formula is C21H27N7O4. The standard InChI is InChI=1S/C21H27N7O4/c29-18(30)15-32-17-6-4-16(5-7-17)14-22-26-19-23-20(27-8-2-1-3-9-27)25-21(24-19)28-10-12-31-13-11-28/h4-7,14H,1-3,8-13,15H2,(H,29,30)(H,23,24,25,26)/b22-14+. The molecule has 11 nitrogen and oxygen atoms in total. The number of hydrogen-bond acceptors (Lipinski definition) is 10. The van der Waals surface area contributed by atoms with Gasteiger partial charge in [0, 0.05) is 26.2 Å². The molecule has 4 rings (SSSR count).